The van der Waals surface area contributed by atoms with E-state index in [1.54, 1.807) is 0 Å². The largest absolute Gasteiger partial charge is 0.0918 e. The first kappa shape index (κ1) is 15.4. The maximum absolute atomic E-state index is 6.21. The van der Waals surface area contributed by atoms with E-state index in [9.17, 15) is 0 Å². The van der Waals surface area contributed by atoms with Crippen LogP contribution in [-0.4, -0.2) is 10.7 Å². The Bertz CT molecular complexity index is 470. The second-order valence-electron chi connectivity index (χ2n) is 6.70. The normalized spacial score (nSPS) is 29.1. The molecular formula is C17H21Br2Cl. The van der Waals surface area contributed by atoms with E-state index < -0.39 is 0 Å². The molecule has 0 heterocycles. The van der Waals surface area contributed by atoms with Crippen molar-refractivity contribution in [2.45, 2.75) is 37.5 Å². The number of hydrogen-bond acceptors (Lipinski definition) is 0. The smallest absolute Gasteiger partial charge is 0.0408 e. The Morgan fingerprint density at radius 1 is 1.15 bits per heavy atom. The zero-order valence-corrected chi connectivity index (χ0v) is 15.6. The first-order valence-electron chi connectivity index (χ1n) is 7.55. The molecular weight excluding hydrogens is 399 g/mol. The summed E-state index contributed by atoms with van der Waals surface area (Å²) in [5.74, 6) is 2.91. The lowest BCUT2D eigenvalue weighted by Crippen LogP contribution is -2.34. The molecule has 2 aliphatic rings. The van der Waals surface area contributed by atoms with Crippen molar-refractivity contribution in [3.63, 3.8) is 0 Å². The third-order valence-corrected chi connectivity index (χ3v) is 7.87. The third kappa shape index (κ3) is 2.85. The fourth-order valence-corrected chi connectivity index (χ4v) is 6.59. The van der Waals surface area contributed by atoms with Gasteiger partial charge in [-0.1, -0.05) is 62.0 Å². The SMILES string of the molecule is Clc1cccc(C(CBr)(CBr)CC2CC3CCC2C3)c1. The highest BCUT2D eigenvalue weighted by Gasteiger charge is 2.43. The summed E-state index contributed by atoms with van der Waals surface area (Å²) in [5.41, 5.74) is 1.56. The minimum Gasteiger partial charge on any atom is -0.0918 e. The van der Waals surface area contributed by atoms with Crippen molar-refractivity contribution in [2.24, 2.45) is 17.8 Å². The van der Waals surface area contributed by atoms with Crippen LogP contribution in [0.3, 0.4) is 0 Å². The van der Waals surface area contributed by atoms with Crippen molar-refractivity contribution in [1.82, 2.24) is 0 Å². The molecule has 110 valence electrons. The molecule has 2 aliphatic carbocycles. The van der Waals surface area contributed by atoms with Gasteiger partial charge in [0, 0.05) is 21.1 Å². The lowest BCUT2D eigenvalue weighted by molar-refractivity contribution is 0.266. The Labute approximate surface area is 143 Å². The van der Waals surface area contributed by atoms with E-state index in [0.29, 0.717) is 0 Å². The van der Waals surface area contributed by atoms with Crippen LogP contribution in [0.2, 0.25) is 5.02 Å². The van der Waals surface area contributed by atoms with Gasteiger partial charge in [0.25, 0.3) is 0 Å². The summed E-state index contributed by atoms with van der Waals surface area (Å²) in [7, 11) is 0. The molecule has 1 aromatic carbocycles. The predicted octanol–water partition coefficient (Wildman–Crippen LogP) is 6.19. The van der Waals surface area contributed by atoms with Crippen LogP contribution in [0.15, 0.2) is 24.3 Å². The van der Waals surface area contributed by atoms with Crippen molar-refractivity contribution in [3.05, 3.63) is 34.9 Å². The van der Waals surface area contributed by atoms with Crippen LogP contribution < -0.4 is 0 Å². The van der Waals surface area contributed by atoms with Crippen molar-refractivity contribution in [2.75, 3.05) is 10.7 Å². The van der Waals surface area contributed by atoms with Crippen molar-refractivity contribution in [3.8, 4) is 0 Å². The molecule has 2 bridgehead atoms. The molecule has 0 nitrogen and oxygen atoms in total. The lowest BCUT2D eigenvalue weighted by atomic mass is 9.72. The number of halogens is 3. The minimum absolute atomic E-state index is 0.181. The highest BCUT2D eigenvalue weighted by Crippen LogP contribution is 2.52. The molecule has 3 unspecified atom stereocenters. The van der Waals surface area contributed by atoms with Crippen LogP contribution in [-0.2, 0) is 5.41 Å². The molecule has 1 aromatic rings. The Hall–Kier alpha value is 0.470. The second-order valence-corrected chi connectivity index (χ2v) is 8.25. The zero-order valence-electron chi connectivity index (χ0n) is 11.6. The zero-order chi connectivity index (χ0) is 14.2. The van der Waals surface area contributed by atoms with Gasteiger partial charge in [-0.25, -0.2) is 0 Å². The molecule has 0 aliphatic heterocycles. The first-order valence-corrected chi connectivity index (χ1v) is 10.2. The third-order valence-electron chi connectivity index (χ3n) is 5.49. The monoisotopic (exact) mass is 418 g/mol. The number of rotatable bonds is 5. The molecule has 0 radical (unpaired) electrons. The van der Waals surface area contributed by atoms with E-state index in [-0.39, 0.29) is 5.41 Å². The number of alkyl halides is 2. The fourth-order valence-electron chi connectivity index (χ4n) is 4.36. The maximum Gasteiger partial charge on any atom is 0.0408 e. The average Bonchev–Trinajstić information content (AvgIpc) is 3.07. The van der Waals surface area contributed by atoms with Crippen LogP contribution in [0.5, 0.6) is 0 Å². The van der Waals surface area contributed by atoms with E-state index in [1.807, 2.05) is 6.07 Å². The molecule has 3 heteroatoms. The van der Waals surface area contributed by atoms with Gasteiger partial charge < -0.3 is 0 Å². The van der Waals surface area contributed by atoms with Gasteiger partial charge in [-0.15, -0.1) is 0 Å². The summed E-state index contributed by atoms with van der Waals surface area (Å²) in [6, 6.07) is 8.44. The van der Waals surface area contributed by atoms with E-state index >= 15 is 0 Å². The number of fused-ring (bicyclic) bond motifs is 2. The summed E-state index contributed by atoms with van der Waals surface area (Å²) >= 11 is 13.8. The molecule has 2 saturated carbocycles. The van der Waals surface area contributed by atoms with Gasteiger partial charge in [-0.05, 0) is 61.1 Å². The second kappa shape index (κ2) is 6.30. The van der Waals surface area contributed by atoms with E-state index in [0.717, 1.165) is 33.4 Å². The lowest BCUT2D eigenvalue weighted by Gasteiger charge is -2.36. The topological polar surface area (TPSA) is 0 Å². The summed E-state index contributed by atoms with van der Waals surface area (Å²) in [6.45, 7) is 0. The average molecular weight is 421 g/mol. The summed E-state index contributed by atoms with van der Waals surface area (Å²) in [5, 5.41) is 2.85. The van der Waals surface area contributed by atoms with Crippen molar-refractivity contribution >= 4 is 43.5 Å². The van der Waals surface area contributed by atoms with Gasteiger partial charge in [-0.2, -0.15) is 0 Å². The summed E-state index contributed by atoms with van der Waals surface area (Å²) in [4.78, 5) is 0. The van der Waals surface area contributed by atoms with Gasteiger partial charge in [0.15, 0.2) is 0 Å². The Morgan fingerprint density at radius 3 is 2.50 bits per heavy atom. The van der Waals surface area contributed by atoms with E-state index in [1.165, 1.54) is 37.7 Å². The molecule has 3 atom stereocenters. The van der Waals surface area contributed by atoms with Crippen LogP contribution in [0.25, 0.3) is 0 Å². The molecule has 0 spiro atoms. The van der Waals surface area contributed by atoms with Gasteiger partial charge in [0.2, 0.25) is 0 Å². The standard InChI is InChI=1S/C17H21Br2Cl/c18-10-17(11-19,15-2-1-3-16(20)8-15)9-14-7-12-4-5-13(14)6-12/h1-3,8,12-14H,4-7,9-11H2. The van der Waals surface area contributed by atoms with E-state index in [4.69, 9.17) is 11.6 Å². The van der Waals surface area contributed by atoms with Crippen LogP contribution >= 0.6 is 43.5 Å². The molecule has 20 heavy (non-hydrogen) atoms. The summed E-state index contributed by atoms with van der Waals surface area (Å²) in [6.07, 6.45) is 7.17. The molecule has 3 rings (SSSR count). The highest BCUT2D eigenvalue weighted by atomic mass is 79.9. The van der Waals surface area contributed by atoms with Gasteiger partial charge in [0.05, 0.1) is 0 Å². The van der Waals surface area contributed by atoms with Crippen molar-refractivity contribution in [1.29, 1.82) is 0 Å². The summed E-state index contributed by atoms with van der Waals surface area (Å²) < 4.78 is 0. The van der Waals surface area contributed by atoms with Crippen molar-refractivity contribution < 1.29 is 0 Å². The fraction of sp³-hybridized carbons (Fsp3) is 0.647. The van der Waals surface area contributed by atoms with E-state index in [2.05, 4.69) is 50.1 Å². The van der Waals surface area contributed by atoms with Gasteiger partial charge in [-0.3, -0.25) is 0 Å². The number of benzene rings is 1. The van der Waals surface area contributed by atoms with Gasteiger partial charge in [0.1, 0.15) is 0 Å². The number of hydrogen-bond donors (Lipinski definition) is 0. The van der Waals surface area contributed by atoms with Crippen LogP contribution in [0, 0.1) is 17.8 Å². The molecule has 0 N–H and O–H groups in total. The highest BCUT2D eigenvalue weighted by molar-refractivity contribution is 9.09. The van der Waals surface area contributed by atoms with Crippen LogP contribution in [0.1, 0.15) is 37.7 Å². The minimum atomic E-state index is 0.181. The van der Waals surface area contributed by atoms with Crippen LogP contribution in [0.4, 0.5) is 0 Å². The Kier molecular flexibility index (Phi) is 4.84. The van der Waals surface area contributed by atoms with Gasteiger partial charge >= 0.3 is 0 Å². The maximum atomic E-state index is 6.21. The Morgan fingerprint density at radius 2 is 1.95 bits per heavy atom. The Balaban J connectivity index is 1.84. The molecule has 0 aromatic heterocycles. The molecule has 0 saturated heterocycles. The predicted molar refractivity (Wildman–Crippen MR) is 94.3 cm³/mol. The quantitative estimate of drug-likeness (QED) is 0.498. The first-order chi connectivity index (χ1) is 9.66. The molecule has 0 amide bonds. The molecule has 2 fully saturated rings.